The van der Waals surface area contributed by atoms with Gasteiger partial charge >= 0.3 is 5.97 Å². The summed E-state index contributed by atoms with van der Waals surface area (Å²) in [5, 5.41) is 0. The highest BCUT2D eigenvalue weighted by Crippen LogP contribution is 2.33. The molecule has 2 rings (SSSR count). The topological polar surface area (TPSA) is 54.0 Å². The third-order valence-electron chi connectivity index (χ3n) is 3.60. The summed E-state index contributed by atoms with van der Waals surface area (Å²) < 4.78 is 22.5. The second-order valence-corrected chi connectivity index (χ2v) is 5.51. The van der Waals surface area contributed by atoms with Gasteiger partial charge in [-0.3, -0.25) is 4.79 Å². The molecule has 4 atom stereocenters. The van der Waals surface area contributed by atoms with Crippen molar-refractivity contribution < 1.29 is 23.7 Å². The molecule has 18 heavy (non-hydrogen) atoms. The molecule has 0 aliphatic carbocycles. The molecule has 0 spiro atoms. The highest BCUT2D eigenvalue weighted by atomic mass is 16.7. The van der Waals surface area contributed by atoms with Crippen LogP contribution in [-0.4, -0.2) is 49.2 Å². The maximum Gasteiger partial charge on any atom is 0.303 e. The van der Waals surface area contributed by atoms with E-state index < -0.39 is 0 Å². The zero-order chi connectivity index (χ0) is 13.3. The monoisotopic (exact) mass is 258 g/mol. The first-order valence-corrected chi connectivity index (χ1v) is 6.51. The summed E-state index contributed by atoms with van der Waals surface area (Å²) in [5.41, 5.74) is -0.189. The summed E-state index contributed by atoms with van der Waals surface area (Å²) in [7, 11) is 0. The molecule has 0 amide bonds. The predicted molar refractivity (Wildman–Crippen MR) is 64.3 cm³/mol. The van der Waals surface area contributed by atoms with Crippen molar-refractivity contribution in [1.82, 2.24) is 0 Å². The molecule has 0 bridgehead atoms. The van der Waals surface area contributed by atoms with E-state index in [1.165, 1.54) is 6.92 Å². The van der Waals surface area contributed by atoms with Crippen LogP contribution in [0.5, 0.6) is 0 Å². The van der Waals surface area contributed by atoms with Gasteiger partial charge in [0, 0.05) is 6.92 Å². The summed E-state index contributed by atoms with van der Waals surface area (Å²) in [4.78, 5) is 11.0. The molecule has 0 aromatic carbocycles. The minimum Gasteiger partial charge on any atom is -0.457 e. The molecular formula is C13H22O5. The Morgan fingerprint density at radius 3 is 2.33 bits per heavy atom. The van der Waals surface area contributed by atoms with E-state index in [-0.39, 0.29) is 36.0 Å². The zero-order valence-corrected chi connectivity index (χ0v) is 11.5. The molecule has 0 saturated carbocycles. The Labute approximate surface area is 108 Å². The van der Waals surface area contributed by atoms with Crippen LogP contribution in [0.4, 0.5) is 0 Å². The van der Waals surface area contributed by atoms with Gasteiger partial charge < -0.3 is 18.9 Å². The number of ether oxygens (including phenoxy) is 4. The van der Waals surface area contributed by atoms with E-state index >= 15 is 0 Å². The van der Waals surface area contributed by atoms with Crippen LogP contribution in [-0.2, 0) is 23.7 Å². The summed E-state index contributed by atoms with van der Waals surface area (Å²) in [6.45, 7) is 8.48. The smallest absolute Gasteiger partial charge is 0.303 e. The van der Waals surface area contributed by atoms with E-state index in [1.807, 2.05) is 0 Å². The van der Waals surface area contributed by atoms with Crippen LogP contribution < -0.4 is 0 Å². The summed E-state index contributed by atoms with van der Waals surface area (Å²) >= 11 is 0. The minimum absolute atomic E-state index is 0.0782. The first-order chi connectivity index (χ1) is 8.43. The molecule has 104 valence electrons. The van der Waals surface area contributed by atoms with Gasteiger partial charge in [0.2, 0.25) is 0 Å². The van der Waals surface area contributed by atoms with Gasteiger partial charge in [0.25, 0.3) is 0 Å². The number of esters is 1. The molecule has 2 aliphatic rings. The Bertz CT molecular complexity index is 315. The Morgan fingerprint density at radius 1 is 1.22 bits per heavy atom. The molecule has 2 heterocycles. The lowest BCUT2D eigenvalue weighted by molar-refractivity contribution is -0.151. The number of carbonyl (C=O) groups excluding carboxylic acids is 1. The number of hydrogen-bond donors (Lipinski definition) is 0. The van der Waals surface area contributed by atoms with Crippen molar-refractivity contribution in [3.63, 3.8) is 0 Å². The lowest BCUT2D eigenvalue weighted by Gasteiger charge is -2.29. The maximum absolute atomic E-state index is 11.0. The Balaban J connectivity index is 1.94. The number of carbonyl (C=O) groups is 1. The Hall–Kier alpha value is -0.650. The Kier molecular flexibility index (Phi) is 3.94. The van der Waals surface area contributed by atoms with Crippen molar-refractivity contribution in [2.24, 2.45) is 0 Å². The average Bonchev–Trinajstić information content (AvgIpc) is 2.83. The van der Waals surface area contributed by atoms with Crippen molar-refractivity contribution in [2.75, 3.05) is 13.2 Å². The van der Waals surface area contributed by atoms with Crippen molar-refractivity contribution >= 4 is 5.97 Å². The molecule has 5 nitrogen and oxygen atoms in total. The normalized spacial score (nSPS) is 35.6. The number of fused-ring (bicyclic) bond motifs is 1. The molecule has 0 aromatic rings. The number of rotatable bonds is 4. The van der Waals surface area contributed by atoms with Crippen LogP contribution >= 0.6 is 0 Å². The molecule has 2 aliphatic heterocycles. The molecule has 2 unspecified atom stereocenters. The molecule has 2 saturated heterocycles. The fraction of sp³-hybridized carbons (Fsp3) is 0.923. The van der Waals surface area contributed by atoms with E-state index in [1.54, 1.807) is 0 Å². The standard InChI is InChI=1S/C13H22O5/c1-5-13(3,4)18-10-7-16-11-9(17-8(2)14)6-15-12(10)11/h9-12H,5-7H2,1-4H3/t9?,10?,11-,12-/m0/s1. The van der Waals surface area contributed by atoms with Gasteiger partial charge in [0.1, 0.15) is 18.3 Å². The lowest BCUT2D eigenvalue weighted by Crippen LogP contribution is -2.39. The van der Waals surface area contributed by atoms with Crippen LogP contribution in [0.25, 0.3) is 0 Å². The fourth-order valence-electron chi connectivity index (χ4n) is 2.34. The highest BCUT2D eigenvalue weighted by Gasteiger charge is 2.50. The maximum atomic E-state index is 11.0. The van der Waals surface area contributed by atoms with E-state index in [0.29, 0.717) is 13.2 Å². The summed E-state index contributed by atoms with van der Waals surface area (Å²) in [6.07, 6.45) is 0.233. The van der Waals surface area contributed by atoms with Crippen LogP contribution in [0.2, 0.25) is 0 Å². The Morgan fingerprint density at radius 2 is 1.78 bits per heavy atom. The lowest BCUT2D eigenvalue weighted by atomic mass is 10.0. The highest BCUT2D eigenvalue weighted by molar-refractivity contribution is 5.66. The van der Waals surface area contributed by atoms with Gasteiger partial charge in [-0.15, -0.1) is 0 Å². The molecule has 5 heteroatoms. The van der Waals surface area contributed by atoms with Crippen molar-refractivity contribution in [3.8, 4) is 0 Å². The minimum atomic E-state index is -0.300. The number of hydrogen-bond acceptors (Lipinski definition) is 5. The van der Waals surface area contributed by atoms with Crippen LogP contribution in [0.1, 0.15) is 34.1 Å². The quantitative estimate of drug-likeness (QED) is 0.711. The van der Waals surface area contributed by atoms with E-state index in [2.05, 4.69) is 20.8 Å². The summed E-state index contributed by atoms with van der Waals surface area (Å²) in [6, 6.07) is 0. The largest absolute Gasteiger partial charge is 0.457 e. The molecular weight excluding hydrogens is 236 g/mol. The SMILES string of the molecule is CCC(C)(C)OC1CO[C@H]2C(OC(C)=O)CO[C@@H]12. The van der Waals surface area contributed by atoms with Crippen LogP contribution in [0, 0.1) is 0 Å². The van der Waals surface area contributed by atoms with Gasteiger partial charge in [-0.05, 0) is 20.3 Å². The molecule has 0 aromatic heterocycles. The molecule has 0 N–H and O–H groups in total. The fourth-order valence-corrected chi connectivity index (χ4v) is 2.34. The van der Waals surface area contributed by atoms with Gasteiger partial charge in [-0.25, -0.2) is 0 Å². The first-order valence-electron chi connectivity index (χ1n) is 6.51. The third kappa shape index (κ3) is 2.84. The summed E-state index contributed by atoms with van der Waals surface area (Å²) in [5.74, 6) is -0.300. The first kappa shape index (κ1) is 13.8. The van der Waals surface area contributed by atoms with Gasteiger partial charge in [0.15, 0.2) is 6.10 Å². The molecule has 0 radical (unpaired) electrons. The van der Waals surface area contributed by atoms with Gasteiger partial charge in [0.05, 0.1) is 18.8 Å². The second kappa shape index (κ2) is 5.15. The van der Waals surface area contributed by atoms with Crippen LogP contribution in [0.15, 0.2) is 0 Å². The van der Waals surface area contributed by atoms with Crippen molar-refractivity contribution in [2.45, 2.75) is 64.1 Å². The molecule has 2 fully saturated rings. The van der Waals surface area contributed by atoms with E-state index in [0.717, 1.165) is 6.42 Å². The third-order valence-corrected chi connectivity index (χ3v) is 3.60. The van der Waals surface area contributed by atoms with Gasteiger partial charge in [-0.2, -0.15) is 0 Å². The van der Waals surface area contributed by atoms with E-state index in [9.17, 15) is 4.79 Å². The predicted octanol–water partition coefficient (Wildman–Crippen LogP) is 1.29. The average molecular weight is 258 g/mol. The van der Waals surface area contributed by atoms with Crippen molar-refractivity contribution in [3.05, 3.63) is 0 Å². The van der Waals surface area contributed by atoms with Crippen LogP contribution in [0.3, 0.4) is 0 Å². The van der Waals surface area contributed by atoms with Gasteiger partial charge in [-0.1, -0.05) is 6.92 Å². The zero-order valence-electron chi connectivity index (χ0n) is 11.5. The van der Waals surface area contributed by atoms with E-state index in [4.69, 9.17) is 18.9 Å². The van der Waals surface area contributed by atoms with Crippen molar-refractivity contribution in [1.29, 1.82) is 0 Å². The second-order valence-electron chi connectivity index (χ2n) is 5.51.